The Labute approximate surface area is 105 Å². The molecule has 5 heteroatoms. The molecular weight excluding hydrogens is 230 g/mol. The Kier molecular flexibility index (Phi) is 3.32. The minimum atomic E-state index is -0.263. The molecule has 5 nitrogen and oxygen atoms in total. The smallest absolute Gasteiger partial charge is 0.313 e. The Hall–Kier alpha value is -2.30. The normalized spacial score (nSPS) is 10.3. The highest BCUT2D eigenvalue weighted by Crippen LogP contribution is 2.27. The average Bonchev–Trinajstić information content (AvgIpc) is 2.37. The number of para-hydroxylation sites is 1. The summed E-state index contributed by atoms with van der Waals surface area (Å²) >= 11 is 0. The van der Waals surface area contributed by atoms with E-state index in [9.17, 15) is 4.79 Å². The maximum atomic E-state index is 11.9. The number of benzene rings is 1. The van der Waals surface area contributed by atoms with Crippen LogP contribution in [0.4, 0.5) is 5.69 Å². The molecule has 0 amide bonds. The van der Waals surface area contributed by atoms with Crippen LogP contribution in [0.1, 0.15) is 12.5 Å². The number of nitrogen functional groups attached to an aromatic ring is 1. The number of rotatable bonds is 3. The molecule has 0 bridgehead atoms. The van der Waals surface area contributed by atoms with Crippen LogP contribution in [0.5, 0.6) is 11.6 Å². The molecule has 1 aromatic carbocycles. The fourth-order valence-electron chi connectivity index (χ4n) is 1.59. The first kappa shape index (κ1) is 12.2. The van der Waals surface area contributed by atoms with E-state index in [0.717, 1.165) is 5.56 Å². The summed E-state index contributed by atoms with van der Waals surface area (Å²) < 4.78 is 7.02. The third kappa shape index (κ3) is 2.20. The van der Waals surface area contributed by atoms with Crippen molar-refractivity contribution >= 4 is 5.69 Å². The third-order valence-corrected chi connectivity index (χ3v) is 2.71. The van der Waals surface area contributed by atoms with Gasteiger partial charge in [0.2, 0.25) is 0 Å². The number of aromatic nitrogens is 2. The van der Waals surface area contributed by atoms with Gasteiger partial charge < -0.3 is 15.0 Å². The van der Waals surface area contributed by atoms with Crippen molar-refractivity contribution < 1.29 is 4.74 Å². The highest BCUT2D eigenvalue weighted by atomic mass is 16.5. The van der Waals surface area contributed by atoms with Crippen LogP contribution in [-0.4, -0.2) is 9.55 Å². The lowest BCUT2D eigenvalue weighted by Crippen LogP contribution is -2.20. The van der Waals surface area contributed by atoms with Gasteiger partial charge in [-0.2, -0.15) is 0 Å². The molecule has 0 radical (unpaired) electrons. The number of hydrogen-bond acceptors (Lipinski definition) is 4. The molecule has 94 valence electrons. The van der Waals surface area contributed by atoms with Crippen LogP contribution in [0.25, 0.3) is 0 Å². The van der Waals surface area contributed by atoms with Crippen LogP contribution in [0, 0.1) is 6.92 Å². The topological polar surface area (TPSA) is 70.1 Å². The number of nitrogens with two attached hydrogens (primary N) is 1. The van der Waals surface area contributed by atoms with E-state index < -0.39 is 0 Å². The van der Waals surface area contributed by atoms with E-state index in [1.807, 2.05) is 26.0 Å². The van der Waals surface area contributed by atoms with Crippen molar-refractivity contribution in [2.45, 2.75) is 20.4 Å². The van der Waals surface area contributed by atoms with Gasteiger partial charge in [-0.1, -0.05) is 12.1 Å². The molecule has 0 atom stereocenters. The van der Waals surface area contributed by atoms with Gasteiger partial charge >= 0.3 is 5.56 Å². The van der Waals surface area contributed by atoms with Crippen LogP contribution < -0.4 is 16.0 Å². The lowest BCUT2D eigenvalue weighted by atomic mass is 10.2. The molecule has 2 rings (SSSR count). The van der Waals surface area contributed by atoms with Crippen LogP contribution in [0.15, 0.2) is 35.4 Å². The summed E-state index contributed by atoms with van der Waals surface area (Å²) in [6, 6.07) is 5.42. The molecule has 0 spiro atoms. The van der Waals surface area contributed by atoms with Gasteiger partial charge in [0.1, 0.15) is 0 Å². The quantitative estimate of drug-likeness (QED) is 0.839. The monoisotopic (exact) mass is 245 g/mol. The van der Waals surface area contributed by atoms with Crippen LogP contribution in [0.3, 0.4) is 0 Å². The van der Waals surface area contributed by atoms with Gasteiger partial charge in [-0.25, -0.2) is 4.98 Å². The maximum Gasteiger partial charge on any atom is 0.313 e. The van der Waals surface area contributed by atoms with Crippen molar-refractivity contribution in [1.82, 2.24) is 9.55 Å². The zero-order valence-electron chi connectivity index (χ0n) is 10.4. The molecule has 0 aliphatic heterocycles. The zero-order chi connectivity index (χ0) is 13.1. The van der Waals surface area contributed by atoms with E-state index in [4.69, 9.17) is 10.5 Å². The second-order valence-electron chi connectivity index (χ2n) is 3.91. The predicted octanol–water partition coefficient (Wildman–Crippen LogP) is 1.95. The van der Waals surface area contributed by atoms with E-state index in [1.54, 1.807) is 12.3 Å². The van der Waals surface area contributed by atoms with Crippen LogP contribution in [-0.2, 0) is 6.54 Å². The van der Waals surface area contributed by atoms with Gasteiger partial charge in [-0.3, -0.25) is 4.79 Å². The Morgan fingerprint density at radius 1 is 1.44 bits per heavy atom. The summed E-state index contributed by atoms with van der Waals surface area (Å²) in [6.07, 6.45) is 3.15. The summed E-state index contributed by atoms with van der Waals surface area (Å²) in [5, 5.41) is 0. The lowest BCUT2D eigenvalue weighted by Gasteiger charge is -2.09. The van der Waals surface area contributed by atoms with E-state index in [0.29, 0.717) is 18.0 Å². The van der Waals surface area contributed by atoms with Gasteiger partial charge in [0.15, 0.2) is 5.75 Å². The SMILES string of the molecule is CCn1ccnc(Oc2cccc(C)c2N)c1=O. The molecular formula is C13H15N3O2. The molecule has 2 aromatic rings. The first-order chi connectivity index (χ1) is 8.63. The van der Waals surface area contributed by atoms with E-state index in [1.165, 1.54) is 10.8 Å². The Morgan fingerprint density at radius 3 is 2.94 bits per heavy atom. The summed E-state index contributed by atoms with van der Waals surface area (Å²) in [5.74, 6) is 0.491. The molecule has 0 unspecified atom stereocenters. The summed E-state index contributed by atoms with van der Waals surface area (Å²) in [4.78, 5) is 15.9. The molecule has 0 saturated carbocycles. The molecule has 0 saturated heterocycles. The van der Waals surface area contributed by atoms with Gasteiger partial charge in [0.25, 0.3) is 5.88 Å². The van der Waals surface area contributed by atoms with Crippen LogP contribution >= 0.6 is 0 Å². The molecule has 0 aliphatic rings. The first-order valence-corrected chi connectivity index (χ1v) is 5.72. The average molecular weight is 245 g/mol. The fourth-order valence-corrected chi connectivity index (χ4v) is 1.59. The second-order valence-corrected chi connectivity index (χ2v) is 3.91. The van der Waals surface area contributed by atoms with Crippen molar-refractivity contribution in [2.75, 3.05) is 5.73 Å². The molecule has 1 heterocycles. The van der Waals surface area contributed by atoms with Crippen LogP contribution in [0.2, 0.25) is 0 Å². The summed E-state index contributed by atoms with van der Waals surface area (Å²) in [5.41, 5.74) is 7.05. The number of ether oxygens (including phenoxy) is 1. The highest BCUT2D eigenvalue weighted by molar-refractivity contribution is 5.58. The van der Waals surface area contributed by atoms with Gasteiger partial charge in [0.05, 0.1) is 5.69 Å². The minimum absolute atomic E-state index is 0.0386. The third-order valence-electron chi connectivity index (χ3n) is 2.71. The molecule has 0 aliphatic carbocycles. The van der Waals surface area contributed by atoms with Crippen molar-refractivity contribution in [1.29, 1.82) is 0 Å². The maximum absolute atomic E-state index is 11.9. The van der Waals surface area contributed by atoms with Crippen molar-refractivity contribution in [3.05, 3.63) is 46.5 Å². The largest absolute Gasteiger partial charge is 0.432 e. The number of aryl methyl sites for hydroxylation is 2. The Bertz CT molecular complexity index is 620. The van der Waals surface area contributed by atoms with Crippen molar-refractivity contribution in [3.63, 3.8) is 0 Å². The van der Waals surface area contributed by atoms with Gasteiger partial charge in [0, 0.05) is 18.9 Å². The van der Waals surface area contributed by atoms with Crippen molar-refractivity contribution in [3.8, 4) is 11.6 Å². The highest BCUT2D eigenvalue weighted by Gasteiger charge is 2.09. The van der Waals surface area contributed by atoms with Crippen molar-refractivity contribution in [2.24, 2.45) is 0 Å². The standard InChI is InChI=1S/C13H15N3O2/c1-3-16-8-7-15-12(13(16)17)18-10-6-4-5-9(2)11(10)14/h4-8H,3,14H2,1-2H3. The fraction of sp³-hybridized carbons (Fsp3) is 0.231. The summed E-state index contributed by atoms with van der Waals surface area (Å²) in [6.45, 7) is 4.33. The summed E-state index contributed by atoms with van der Waals surface area (Å²) in [7, 11) is 0. The molecule has 2 N–H and O–H groups in total. The van der Waals surface area contributed by atoms with E-state index in [2.05, 4.69) is 4.98 Å². The van der Waals surface area contributed by atoms with E-state index >= 15 is 0 Å². The Balaban J connectivity index is 2.41. The lowest BCUT2D eigenvalue weighted by molar-refractivity contribution is 0.447. The number of anilines is 1. The van der Waals surface area contributed by atoms with E-state index in [-0.39, 0.29) is 11.4 Å². The van der Waals surface area contributed by atoms with Gasteiger partial charge in [-0.15, -0.1) is 0 Å². The Morgan fingerprint density at radius 2 is 2.22 bits per heavy atom. The van der Waals surface area contributed by atoms with Gasteiger partial charge in [-0.05, 0) is 25.5 Å². The first-order valence-electron chi connectivity index (χ1n) is 5.72. The number of hydrogen-bond donors (Lipinski definition) is 1. The molecule has 18 heavy (non-hydrogen) atoms. The molecule has 1 aromatic heterocycles. The second kappa shape index (κ2) is 4.91. The predicted molar refractivity (Wildman–Crippen MR) is 69.8 cm³/mol. The molecule has 0 fully saturated rings. The zero-order valence-corrected chi connectivity index (χ0v) is 10.4. The minimum Gasteiger partial charge on any atom is -0.432 e. The number of nitrogens with zero attached hydrogens (tertiary/aromatic N) is 2.